The zero-order chi connectivity index (χ0) is 17.6. The SMILES string of the molecule is CCCCCC(/C=C/C1CC1(C(=O)O)C(=O)O)OC1CCCCO1. The molecule has 0 amide bonds. The van der Waals surface area contributed by atoms with Crippen molar-refractivity contribution in [3.63, 3.8) is 0 Å². The van der Waals surface area contributed by atoms with Crippen LogP contribution in [0.5, 0.6) is 0 Å². The summed E-state index contributed by atoms with van der Waals surface area (Å²) in [5.41, 5.74) is -1.65. The van der Waals surface area contributed by atoms with Crippen molar-refractivity contribution < 1.29 is 29.3 Å². The predicted octanol–water partition coefficient (Wildman–Crippen LogP) is 3.21. The van der Waals surface area contributed by atoms with E-state index in [0.29, 0.717) is 6.61 Å². The summed E-state index contributed by atoms with van der Waals surface area (Å²) in [5.74, 6) is -2.98. The molecule has 0 radical (unpaired) electrons. The fourth-order valence-corrected chi connectivity index (χ4v) is 3.18. The molecule has 2 N–H and O–H groups in total. The lowest BCUT2D eigenvalue weighted by Gasteiger charge is -2.26. The Hall–Kier alpha value is -1.40. The van der Waals surface area contributed by atoms with Crippen LogP contribution in [0, 0.1) is 11.3 Å². The summed E-state index contributed by atoms with van der Waals surface area (Å²) < 4.78 is 11.6. The van der Waals surface area contributed by atoms with E-state index in [2.05, 4.69) is 6.92 Å². The quantitative estimate of drug-likeness (QED) is 0.360. The largest absolute Gasteiger partial charge is 0.480 e. The van der Waals surface area contributed by atoms with Gasteiger partial charge in [-0.15, -0.1) is 0 Å². The lowest BCUT2D eigenvalue weighted by Crippen LogP contribution is -2.28. The van der Waals surface area contributed by atoms with Crippen LogP contribution in [0.2, 0.25) is 0 Å². The molecule has 1 heterocycles. The Bertz CT molecular complexity index is 452. The van der Waals surface area contributed by atoms with Crippen molar-refractivity contribution in [2.24, 2.45) is 11.3 Å². The molecule has 3 unspecified atom stereocenters. The number of carboxylic acid groups (broad SMARTS) is 2. The lowest BCUT2D eigenvalue weighted by atomic mass is 10.0. The van der Waals surface area contributed by atoms with Gasteiger partial charge in [-0.25, -0.2) is 0 Å². The van der Waals surface area contributed by atoms with Crippen LogP contribution in [-0.4, -0.2) is 41.2 Å². The summed E-state index contributed by atoms with van der Waals surface area (Å²) in [6.07, 6.45) is 10.4. The van der Waals surface area contributed by atoms with Crippen LogP contribution < -0.4 is 0 Å². The first-order valence-electron chi connectivity index (χ1n) is 8.93. The summed E-state index contributed by atoms with van der Waals surface area (Å²) >= 11 is 0. The highest BCUT2D eigenvalue weighted by atomic mass is 16.7. The second-order valence-corrected chi connectivity index (χ2v) is 6.74. The summed E-state index contributed by atoms with van der Waals surface area (Å²) in [7, 11) is 0. The van der Waals surface area contributed by atoms with Crippen molar-refractivity contribution in [3.05, 3.63) is 12.2 Å². The van der Waals surface area contributed by atoms with E-state index in [1.165, 1.54) is 0 Å². The number of ether oxygens (including phenoxy) is 2. The molecule has 2 fully saturated rings. The molecule has 0 aromatic heterocycles. The highest BCUT2D eigenvalue weighted by Crippen LogP contribution is 2.54. The third-order valence-electron chi connectivity index (χ3n) is 4.89. The molecule has 0 aromatic rings. The number of hydrogen-bond donors (Lipinski definition) is 2. The normalized spacial score (nSPS) is 27.0. The highest BCUT2D eigenvalue weighted by molar-refractivity contribution is 6.02. The molecule has 1 saturated heterocycles. The highest BCUT2D eigenvalue weighted by Gasteiger charge is 2.65. The predicted molar refractivity (Wildman–Crippen MR) is 87.6 cm³/mol. The van der Waals surface area contributed by atoms with E-state index in [9.17, 15) is 19.8 Å². The Labute approximate surface area is 142 Å². The smallest absolute Gasteiger partial charge is 0.321 e. The number of unbranched alkanes of at least 4 members (excludes halogenated alkanes) is 2. The second-order valence-electron chi connectivity index (χ2n) is 6.74. The molecular weight excluding hydrogens is 312 g/mol. The molecule has 6 nitrogen and oxygen atoms in total. The Morgan fingerprint density at radius 3 is 2.58 bits per heavy atom. The van der Waals surface area contributed by atoms with E-state index in [0.717, 1.165) is 44.9 Å². The number of hydrogen-bond acceptors (Lipinski definition) is 4. The van der Waals surface area contributed by atoms with Crippen molar-refractivity contribution in [1.29, 1.82) is 0 Å². The summed E-state index contributed by atoms with van der Waals surface area (Å²) in [4.78, 5) is 22.5. The minimum absolute atomic E-state index is 0.149. The average Bonchev–Trinajstić information content (AvgIpc) is 3.30. The summed E-state index contributed by atoms with van der Waals surface area (Å²) in [6.45, 7) is 2.84. The van der Waals surface area contributed by atoms with Crippen LogP contribution >= 0.6 is 0 Å². The Kier molecular flexibility index (Phi) is 6.80. The van der Waals surface area contributed by atoms with Gasteiger partial charge in [0.05, 0.1) is 6.10 Å². The molecule has 24 heavy (non-hydrogen) atoms. The number of aliphatic carboxylic acids is 2. The Morgan fingerprint density at radius 1 is 1.29 bits per heavy atom. The zero-order valence-electron chi connectivity index (χ0n) is 14.3. The van der Waals surface area contributed by atoms with Crippen LogP contribution in [0.15, 0.2) is 12.2 Å². The van der Waals surface area contributed by atoms with Gasteiger partial charge in [0.25, 0.3) is 0 Å². The van der Waals surface area contributed by atoms with E-state index in [-0.39, 0.29) is 18.8 Å². The van der Waals surface area contributed by atoms with Gasteiger partial charge in [0.15, 0.2) is 11.7 Å². The summed E-state index contributed by atoms with van der Waals surface area (Å²) in [6, 6.07) is 0. The molecule has 2 rings (SSSR count). The van der Waals surface area contributed by atoms with Gasteiger partial charge in [-0.1, -0.05) is 38.3 Å². The molecule has 2 aliphatic rings. The fraction of sp³-hybridized carbons (Fsp3) is 0.778. The van der Waals surface area contributed by atoms with Gasteiger partial charge in [0.2, 0.25) is 0 Å². The second kappa shape index (κ2) is 8.62. The van der Waals surface area contributed by atoms with E-state index in [4.69, 9.17) is 9.47 Å². The average molecular weight is 340 g/mol. The van der Waals surface area contributed by atoms with Crippen molar-refractivity contribution in [3.8, 4) is 0 Å². The van der Waals surface area contributed by atoms with Crippen molar-refractivity contribution in [1.82, 2.24) is 0 Å². The minimum Gasteiger partial charge on any atom is -0.480 e. The number of allylic oxidation sites excluding steroid dienone is 1. The molecule has 0 spiro atoms. The molecule has 0 aromatic carbocycles. The maximum atomic E-state index is 11.2. The number of carbonyl (C=O) groups is 2. The minimum atomic E-state index is -1.65. The van der Waals surface area contributed by atoms with Gasteiger partial charge in [-0.05, 0) is 32.1 Å². The first kappa shape index (κ1) is 18.9. The molecule has 1 saturated carbocycles. The van der Waals surface area contributed by atoms with Gasteiger partial charge in [0, 0.05) is 12.5 Å². The van der Waals surface area contributed by atoms with Crippen molar-refractivity contribution in [2.75, 3.05) is 6.61 Å². The molecule has 136 valence electrons. The molecule has 1 aliphatic carbocycles. The van der Waals surface area contributed by atoms with Gasteiger partial charge >= 0.3 is 11.9 Å². The zero-order valence-corrected chi connectivity index (χ0v) is 14.3. The molecular formula is C18H28O6. The fourth-order valence-electron chi connectivity index (χ4n) is 3.18. The molecule has 0 bridgehead atoms. The van der Waals surface area contributed by atoms with Crippen molar-refractivity contribution >= 4 is 11.9 Å². The van der Waals surface area contributed by atoms with Gasteiger partial charge in [0.1, 0.15) is 0 Å². The lowest BCUT2D eigenvalue weighted by molar-refractivity contribution is -0.179. The van der Waals surface area contributed by atoms with Crippen LogP contribution in [0.25, 0.3) is 0 Å². The first-order chi connectivity index (χ1) is 11.5. The van der Waals surface area contributed by atoms with E-state index < -0.39 is 23.3 Å². The third kappa shape index (κ3) is 4.57. The van der Waals surface area contributed by atoms with Gasteiger partial charge in [-0.3, -0.25) is 9.59 Å². The van der Waals surface area contributed by atoms with Gasteiger partial charge in [-0.2, -0.15) is 0 Å². The van der Waals surface area contributed by atoms with Crippen LogP contribution in [-0.2, 0) is 19.1 Å². The Morgan fingerprint density at radius 2 is 2.04 bits per heavy atom. The Balaban J connectivity index is 1.94. The third-order valence-corrected chi connectivity index (χ3v) is 4.89. The van der Waals surface area contributed by atoms with Crippen LogP contribution in [0.1, 0.15) is 58.3 Å². The van der Waals surface area contributed by atoms with Crippen LogP contribution in [0.3, 0.4) is 0 Å². The van der Waals surface area contributed by atoms with Gasteiger partial charge < -0.3 is 19.7 Å². The first-order valence-corrected chi connectivity index (χ1v) is 8.93. The van der Waals surface area contributed by atoms with Crippen LogP contribution in [0.4, 0.5) is 0 Å². The molecule has 3 atom stereocenters. The summed E-state index contributed by atoms with van der Waals surface area (Å²) in [5, 5.41) is 18.4. The topological polar surface area (TPSA) is 93.1 Å². The van der Waals surface area contributed by atoms with Crippen molar-refractivity contribution in [2.45, 2.75) is 70.7 Å². The van der Waals surface area contributed by atoms with E-state index in [1.807, 2.05) is 6.08 Å². The molecule has 1 aliphatic heterocycles. The standard InChI is InChI=1S/C18H28O6/c1-2-3-4-7-14(24-15-8-5-6-11-23-15)10-9-13-12-18(13,16(19)20)17(21)22/h9-10,13-15H,2-8,11-12H2,1H3,(H,19,20)(H,21,22)/b10-9+. The monoisotopic (exact) mass is 340 g/mol. The van der Waals surface area contributed by atoms with E-state index >= 15 is 0 Å². The number of rotatable bonds is 10. The number of carboxylic acids is 2. The van der Waals surface area contributed by atoms with E-state index in [1.54, 1.807) is 6.08 Å². The maximum absolute atomic E-state index is 11.2. The maximum Gasteiger partial charge on any atom is 0.321 e. The molecule has 6 heteroatoms.